The maximum atomic E-state index is 6.19. The van der Waals surface area contributed by atoms with Gasteiger partial charge in [0, 0.05) is 5.56 Å². The SMILES string of the molecule is CCCCCCOc1cc(CCCCC)ccc1-c1ccccc1. The minimum absolute atomic E-state index is 0.818. The molecule has 1 nitrogen and oxygen atoms in total. The number of aryl methyl sites for hydroxylation is 1. The van der Waals surface area contributed by atoms with Crippen molar-refractivity contribution in [2.75, 3.05) is 6.61 Å². The molecule has 0 atom stereocenters. The molecule has 0 aliphatic carbocycles. The first kappa shape index (κ1) is 18.6. The molecule has 0 aliphatic heterocycles. The third-order valence-corrected chi connectivity index (χ3v) is 4.46. The molecule has 0 saturated carbocycles. The van der Waals surface area contributed by atoms with Crippen molar-refractivity contribution in [1.82, 2.24) is 0 Å². The number of hydrogen-bond acceptors (Lipinski definition) is 1. The van der Waals surface area contributed by atoms with E-state index in [9.17, 15) is 0 Å². The standard InChI is InChI=1S/C23H32O/c1-3-5-7-12-18-24-23-19-20(13-9-6-4-2)16-17-22(23)21-14-10-8-11-15-21/h8,10-11,14-17,19H,3-7,9,12-13,18H2,1-2H3. The van der Waals surface area contributed by atoms with Crippen LogP contribution in [0.3, 0.4) is 0 Å². The Kier molecular flexibility index (Phi) is 8.45. The Morgan fingerprint density at radius 2 is 1.50 bits per heavy atom. The highest BCUT2D eigenvalue weighted by Gasteiger charge is 2.08. The second-order valence-corrected chi connectivity index (χ2v) is 6.56. The summed E-state index contributed by atoms with van der Waals surface area (Å²) in [7, 11) is 0. The van der Waals surface area contributed by atoms with Gasteiger partial charge in [0.05, 0.1) is 6.61 Å². The van der Waals surface area contributed by atoms with E-state index in [1.807, 2.05) is 0 Å². The lowest BCUT2D eigenvalue weighted by atomic mass is 10.00. The molecule has 0 bridgehead atoms. The van der Waals surface area contributed by atoms with Crippen LogP contribution in [-0.2, 0) is 6.42 Å². The van der Waals surface area contributed by atoms with Crippen molar-refractivity contribution >= 4 is 0 Å². The summed E-state index contributed by atoms with van der Waals surface area (Å²) in [5.74, 6) is 1.05. The normalized spacial score (nSPS) is 10.8. The van der Waals surface area contributed by atoms with Crippen LogP contribution in [0, 0.1) is 0 Å². The number of hydrogen-bond donors (Lipinski definition) is 0. The van der Waals surface area contributed by atoms with Crippen molar-refractivity contribution in [3.05, 3.63) is 54.1 Å². The maximum Gasteiger partial charge on any atom is 0.127 e. The van der Waals surface area contributed by atoms with E-state index in [4.69, 9.17) is 4.74 Å². The second-order valence-electron chi connectivity index (χ2n) is 6.56. The molecule has 1 heteroatoms. The Morgan fingerprint density at radius 1 is 0.750 bits per heavy atom. The van der Waals surface area contributed by atoms with E-state index in [1.165, 1.54) is 55.2 Å². The van der Waals surface area contributed by atoms with Crippen LogP contribution in [-0.4, -0.2) is 6.61 Å². The fourth-order valence-corrected chi connectivity index (χ4v) is 2.99. The van der Waals surface area contributed by atoms with Gasteiger partial charge >= 0.3 is 0 Å². The molecule has 0 aliphatic rings. The molecule has 130 valence electrons. The van der Waals surface area contributed by atoms with Crippen LogP contribution in [0.4, 0.5) is 0 Å². The lowest BCUT2D eigenvalue weighted by Gasteiger charge is -2.14. The van der Waals surface area contributed by atoms with Gasteiger partial charge in [-0.25, -0.2) is 0 Å². The average molecular weight is 325 g/mol. The second kappa shape index (κ2) is 10.9. The lowest BCUT2D eigenvalue weighted by Crippen LogP contribution is -2.00. The fourth-order valence-electron chi connectivity index (χ4n) is 2.99. The molecular weight excluding hydrogens is 292 g/mol. The number of unbranched alkanes of at least 4 members (excludes halogenated alkanes) is 5. The summed E-state index contributed by atoms with van der Waals surface area (Å²) in [6, 6.07) is 17.3. The third-order valence-electron chi connectivity index (χ3n) is 4.46. The minimum Gasteiger partial charge on any atom is -0.493 e. The Morgan fingerprint density at radius 3 is 2.25 bits per heavy atom. The Balaban J connectivity index is 2.10. The highest BCUT2D eigenvalue weighted by molar-refractivity contribution is 5.70. The Bertz CT molecular complexity index is 574. The summed E-state index contributed by atoms with van der Waals surface area (Å²) in [6.45, 7) is 5.32. The van der Waals surface area contributed by atoms with Gasteiger partial charge < -0.3 is 4.74 Å². The van der Waals surface area contributed by atoms with E-state index in [-0.39, 0.29) is 0 Å². The summed E-state index contributed by atoms with van der Waals surface area (Å²) >= 11 is 0. The molecule has 0 spiro atoms. The molecule has 0 unspecified atom stereocenters. The summed E-state index contributed by atoms with van der Waals surface area (Å²) in [4.78, 5) is 0. The minimum atomic E-state index is 0.818. The first-order chi connectivity index (χ1) is 11.8. The van der Waals surface area contributed by atoms with Crippen molar-refractivity contribution < 1.29 is 4.74 Å². The maximum absolute atomic E-state index is 6.19. The molecule has 0 aromatic heterocycles. The zero-order valence-corrected chi connectivity index (χ0v) is 15.4. The van der Waals surface area contributed by atoms with Gasteiger partial charge in [0.1, 0.15) is 5.75 Å². The monoisotopic (exact) mass is 324 g/mol. The predicted molar refractivity (Wildman–Crippen MR) is 105 cm³/mol. The summed E-state index contributed by atoms with van der Waals surface area (Å²) in [5, 5.41) is 0. The first-order valence-electron chi connectivity index (χ1n) is 9.66. The van der Waals surface area contributed by atoms with Crippen LogP contribution >= 0.6 is 0 Å². The molecule has 0 saturated heterocycles. The van der Waals surface area contributed by atoms with Gasteiger partial charge in [-0.3, -0.25) is 0 Å². The topological polar surface area (TPSA) is 9.23 Å². The Hall–Kier alpha value is -1.76. The van der Waals surface area contributed by atoms with Crippen LogP contribution in [0.25, 0.3) is 11.1 Å². The van der Waals surface area contributed by atoms with Crippen molar-refractivity contribution in [3.63, 3.8) is 0 Å². The predicted octanol–water partition coefficient (Wildman–Crippen LogP) is 7.05. The van der Waals surface area contributed by atoms with Gasteiger partial charge in [-0.15, -0.1) is 0 Å². The highest BCUT2D eigenvalue weighted by Crippen LogP contribution is 2.31. The highest BCUT2D eigenvalue weighted by atomic mass is 16.5. The van der Waals surface area contributed by atoms with E-state index in [0.717, 1.165) is 25.2 Å². The van der Waals surface area contributed by atoms with E-state index in [1.54, 1.807) is 0 Å². The summed E-state index contributed by atoms with van der Waals surface area (Å²) in [5.41, 5.74) is 3.85. The summed E-state index contributed by atoms with van der Waals surface area (Å²) in [6.07, 6.45) is 9.94. The van der Waals surface area contributed by atoms with Gasteiger partial charge in [-0.05, 0) is 36.5 Å². The molecule has 0 fully saturated rings. The van der Waals surface area contributed by atoms with Crippen LogP contribution in [0.1, 0.15) is 64.4 Å². The van der Waals surface area contributed by atoms with E-state index < -0.39 is 0 Å². The van der Waals surface area contributed by atoms with Gasteiger partial charge in [0.2, 0.25) is 0 Å². The third kappa shape index (κ3) is 6.03. The quantitative estimate of drug-likeness (QED) is 0.402. The Labute approximate surface area is 148 Å². The van der Waals surface area contributed by atoms with Crippen LogP contribution in [0.5, 0.6) is 5.75 Å². The van der Waals surface area contributed by atoms with Crippen molar-refractivity contribution in [3.8, 4) is 16.9 Å². The fraction of sp³-hybridized carbons (Fsp3) is 0.478. The van der Waals surface area contributed by atoms with Crippen molar-refractivity contribution in [2.45, 2.75) is 65.2 Å². The van der Waals surface area contributed by atoms with Crippen molar-refractivity contribution in [1.29, 1.82) is 0 Å². The molecular formula is C23H32O. The molecule has 2 aromatic rings. The average Bonchev–Trinajstić information content (AvgIpc) is 2.63. The van der Waals surface area contributed by atoms with Crippen molar-refractivity contribution in [2.24, 2.45) is 0 Å². The molecule has 0 amide bonds. The van der Waals surface area contributed by atoms with Crippen LogP contribution in [0.15, 0.2) is 48.5 Å². The smallest absolute Gasteiger partial charge is 0.127 e. The van der Waals surface area contributed by atoms with Crippen LogP contribution in [0.2, 0.25) is 0 Å². The number of benzene rings is 2. The lowest BCUT2D eigenvalue weighted by molar-refractivity contribution is 0.306. The molecule has 0 N–H and O–H groups in total. The zero-order chi connectivity index (χ0) is 17.0. The van der Waals surface area contributed by atoms with E-state index in [2.05, 4.69) is 62.4 Å². The molecule has 24 heavy (non-hydrogen) atoms. The largest absolute Gasteiger partial charge is 0.493 e. The van der Waals surface area contributed by atoms with Crippen LogP contribution < -0.4 is 4.74 Å². The van der Waals surface area contributed by atoms with E-state index >= 15 is 0 Å². The number of ether oxygens (including phenoxy) is 1. The summed E-state index contributed by atoms with van der Waals surface area (Å²) < 4.78 is 6.19. The molecule has 2 aromatic carbocycles. The van der Waals surface area contributed by atoms with Gasteiger partial charge in [-0.1, -0.05) is 88.4 Å². The van der Waals surface area contributed by atoms with E-state index in [0.29, 0.717) is 0 Å². The van der Waals surface area contributed by atoms with Gasteiger partial charge in [0.25, 0.3) is 0 Å². The molecule has 2 rings (SSSR count). The number of rotatable bonds is 11. The first-order valence-corrected chi connectivity index (χ1v) is 9.66. The van der Waals surface area contributed by atoms with Gasteiger partial charge in [0.15, 0.2) is 0 Å². The van der Waals surface area contributed by atoms with Gasteiger partial charge in [-0.2, -0.15) is 0 Å². The molecule has 0 heterocycles. The molecule has 0 radical (unpaired) electrons. The zero-order valence-electron chi connectivity index (χ0n) is 15.4.